The molecule has 0 aliphatic rings. The van der Waals surface area contributed by atoms with Crippen molar-refractivity contribution in [3.8, 4) is 5.75 Å². The van der Waals surface area contributed by atoms with E-state index in [0.717, 1.165) is 16.5 Å². The van der Waals surface area contributed by atoms with Crippen LogP contribution in [0.4, 0.5) is 5.69 Å². The molecule has 2 aromatic carbocycles. The van der Waals surface area contributed by atoms with Crippen molar-refractivity contribution < 1.29 is 19.1 Å². The van der Waals surface area contributed by atoms with Crippen LogP contribution < -0.4 is 10.1 Å². The lowest BCUT2D eigenvalue weighted by Gasteiger charge is -2.10. The van der Waals surface area contributed by atoms with Crippen molar-refractivity contribution in [1.29, 1.82) is 0 Å². The Morgan fingerprint density at radius 2 is 1.81 bits per heavy atom. The predicted octanol–water partition coefficient (Wildman–Crippen LogP) is 4.98. The van der Waals surface area contributed by atoms with Gasteiger partial charge in [-0.3, -0.25) is 4.79 Å². The molecule has 0 saturated heterocycles. The van der Waals surface area contributed by atoms with E-state index in [1.54, 1.807) is 24.3 Å². The van der Waals surface area contributed by atoms with E-state index in [4.69, 9.17) is 9.47 Å². The van der Waals surface area contributed by atoms with Crippen molar-refractivity contribution >= 4 is 33.5 Å². The molecule has 0 spiro atoms. The fourth-order valence-corrected chi connectivity index (χ4v) is 2.83. The summed E-state index contributed by atoms with van der Waals surface area (Å²) in [5, 5.41) is 2.74. The van der Waals surface area contributed by atoms with Gasteiger partial charge in [-0.2, -0.15) is 0 Å². The molecule has 0 saturated carbocycles. The Hall–Kier alpha value is -2.34. The number of rotatable bonds is 8. The molecule has 0 unspecified atom stereocenters. The number of aryl methyl sites for hydroxylation is 1. The molecule has 1 amide bonds. The van der Waals surface area contributed by atoms with Gasteiger partial charge in [-0.15, -0.1) is 0 Å². The van der Waals surface area contributed by atoms with Crippen LogP contribution in [0.15, 0.2) is 46.9 Å². The molecule has 0 aliphatic heterocycles. The molecule has 2 rings (SSSR count). The summed E-state index contributed by atoms with van der Waals surface area (Å²) >= 11 is 3.41. The van der Waals surface area contributed by atoms with E-state index in [0.29, 0.717) is 29.5 Å². The van der Waals surface area contributed by atoms with Gasteiger partial charge in [0.1, 0.15) is 5.75 Å². The van der Waals surface area contributed by atoms with Gasteiger partial charge < -0.3 is 14.8 Å². The highest BCUT2D eigenvalue weighted by Crippen LogP contribution is 2.25. The summed E-state index contributed by atoms with van der Waals surface area (Å²) in [4.78, 5) is 24.0. The van der Waals surface area contributed by atoms with Crippen LogP contribution in [-0.2, 0) is 9.53 Å². The van der Waals surface area contributed by atoms with Gasteiger partial charge in [0.15, 0.2) is 6.61 Å². The highest BCUT2D eigenvalue weighted by Gasteiger charge is 2.09. The third-order valence-electron chi connectivity index (χ3n) is 3.78. The van der Waals surface area contributed by atoms with E-state index >= 15 is 0 Å². The Morgan fingerprint density at radius 3 is 2.44 bits per heavy atom. The number of carbonyl (C=O) groups is 2. The number of nitrogens with one attached hydrogen (secondary N) is 1. The van der Waals surface area contributed by atoms with Gasteiger partial charge in [0.05, 0.1) is 16.6 Å². The number of esters is 1. The van der Waals surface area contributed by atoms with E-state index in [9.17, 15) is 9.59 Å². The van der Waals surface area contributed by atoms with Crippen LogP contribution in [-0.4, -0.2) is 25.1 Å². The maximum Gasteiger partial charge on any atom is 0.338 e. The quantitative estimate of drug-likeness (QED) is 0.596. The van der Waals surface area contributed by atoms with Crippen molar-refractivity contribution in [2.75, 3.05) is 18.5 Å². The Morgan fingerprint density at radius 1 is 1.11 bits per heavy atom. The zero-order valence-corrected chi connectivity index (χ0v) is 17.3. The average Bonchev–Trinajstić information content (AvgIpc) is 2.61. The minimum atomic E-state index is -0.360. The maximum absolute atomic E-state index is 12.0. The first-order valence-corrected chi connectivity index (χ1v) is 9.60. The molecule has 0 bridgehead atoms. The van der Waals surface area contributed by atoms with Crippen molar-refractivity contribution in [2.45, 2.75) is 27.2 Å². The van der Waals surface area contributed by atoms with Crippen LogP contribution in [0.25, 0.3) is 0 Å². The molecule has 0 fully saturated rings. The number of amides is 1. The first kappa shape index (κ1) is 21.0. The highest BCUT2D eigenvalue weighted by molar-refractivity contribution is 9.10. The fourth-order valence-electron chi connectivity index (χ4n) is 2.22. The van der Waals surface area contributed by atoms with Crippen LogP contribution in [0.3, 0.4) is 0 Å². The Bertz CT molecular complexity index is 787. The number of ether oxygens (including phenoxy) is 2. The summed E-state index contributed by atoms with van der Waals surface area (Å²) in [5.74, 6) is 0.448. The Kier molecular flexibility index (Phi) is 7.85. The topological polar surface area (TPSA) is 64.6 Å². The number of anilines is 1. The number of carbonyl (C=O) groups excluding carboxylic acids is 2. The molecule has 0 heterocycles. The van der Waals surface area contributed by atoms with E-state index < -0.39 is 0 Å². The van der Waals surface area contributed by atoms with E-state index in [-0.39, 0.29) is 18.5 Å². The fraction of sp³-hybridized carbons (Fsp3) is 0.333. The summed E-state index contributed by atoms with van der Waals surface area (Å²) in [6, 6.07) is 12.2. The van der Waals surface area contributed by atoms with E-state index in [1.807, 2.05) is 25.1 Å². The standard InChI is InChI=1S/C21H24BrNO4/c1-14(2)10-11-26-21(25)16-5-7-17(8-6-16)23-20(24)13-27-19-9-4-15(3)12-18(19)22/h4-9,12,14H,10-11,13H2,1-3H3,(H,23,24). The van der Waals surface area contributed by atoms with Crippen LogP contribution in [0.5, 0.6) is 5.75 Å². The molecule has 27 heavy (non-hydrogen) atoms. The molecule has 1 N–H and O–H groups in total. The monoisotopic (exact) mass is 433 g/mol. The smallest absolute Gasteiger partial charge is 0.338 e. The summed E-state index contributed by atoms with van der Waals surface area (Å²) in [6.07, 6.45) is 0.830. The number of hydrogen-bond donors (Lipinski definition) is 1. The van der Waals surface area contributed by atoms with Crippen molar-refractivity contribution in [3.63, 3.8) is 0 Å². The molecule has 5 nitrogen and oxygen atoms in total. The van der Waals surface area contributed by atoms with E-state index in [2.05, 4.69) is 35.1 Å². The predicted molar refractivity (Wildman–Crippen MR) is 109 cm³/mol. The zero-order chi connectivity index (χ0) is 19.8. The lowest BCUT2D eigenvalue weighted by Crippen LogP contribution is -2.20. The van der Waals surface area contributed by atoms with Crippen molar-refractivity contribution in [1.82, 2.24) is 0 Å². The van der Waals surface area contributed by atoms with Gasteiger partial charge in [0.25, 0.3) is 5.91 Å². The second kappa shape index (κ2) is 10.1. The summed E-state index contributed by atoms with van der Waals surface area (Å²) < 4.78 is 11.5. The normalized spacial score (nSPS) is 10.6. The summed E-state index contributed by atoms with van der Waals surface area (Å²) in [5.41, 5.74) is 2.14. The molecular weight excluding hydrogens is 410 g/mol. The summed E-state index contributed by atoms with van der Waals surface area (Å²) in [7, 11) is 0. The highest BCUT2D eigenvalue weighted by atomic mass is 79.9. The number of halogens is 1. The van der Waals surface area contributed by atoms with Gasteiger partial charge in [-0.05, 0) is 77.2 Å². The van der Waals surface area contributed by atoms with Gasteiger partial charge in [-0.25, -0.2) is 4.79 Å². The molecule has 0 aromatic heterocycles. The molecule has 2 aromatic rings. The van der Waals surface area contributed by atoms with Gasteiger partial charge in [0, 0.05) is 5.69 Å². The molecule has 144 valence electrons. The molecule has 0 atom stereocenters. The summed E-state index contributed by atoms with van der Waals surface area (Å²) in [6.45, 7) is 6.42. The van der Waals surface area contributed by atoms with Gasteiger partial charge >= 0.3 is 5.97 Å². The zero-order valence-electron chi connectivity index (χ0n) is 15.8. The van der Waals surface area contributed by atoms with Gasteiger partial charge in [-0.1, -0.05) is 19.9 Å². The Balaban J connectivity index is 1.82. The largest absolute Gasteiger partial charge is 0.483 e. The molecule has 6 heteroatoms. The van der Waals surface area contributed by atoms with Crippen LogP contribution in [0.1, 0.15) is 36.2 Å². The molecule has 0 radical (unpaired) electrons. The maximum atomic E-state index is 12.0. The third-order valence-corrected chi connectivity index (χ3v) is 4.40. The molecule has 0 aliphatic carbocycles. The van der Waals surface area contributed by atoms with Crippen LogP contribution in [0.2, 0.25) is 0 Å². The van der Waals surface area contributed by atoms with Crippen LogP contribution in [0, 0.1) is 12.8 Å². The van der Waals surface area contributed by atoms with Crippen LogP contribution >= 0.6 is 15.9 Å². The average molecular weight is 434 g/mol. The second-order valence-electron chi connectivity index (χ2n) is 6.67. The first-order chi connectivity index (χ1) is 12.8. The minimum Gasteiger partial charge on any atom is -0.483 e. The second-order valence-corrected chi connectivity index (χ2v) is 7.52. The van der Waals surface area contributed by atoms with E-state index in [1.165, 1.54) is 0 Å². The minimum absolute atomic E-state index is 0.110. The van der Waals surface area contributed by atoms with Crippen molar-refractivity contribution in [2.24, 2.45) is 5.92 Å². The van der Waals surface area contributed by atoms with Gasteiger partial charge in [0.2, 0.25) is 0 Å². The number of hydrogen-bond acceptors (Lipinski definition) is 4. The SMILES string of the molecule is Cc1ccc(OCC(=O)Nc2ccc(C(=O)OCCC(C)C)cc2)c(Br)c1. The lowest BCUT2D eigenvalue weighted by atomic mass is 10.1. The first-order valence-electron chi connectivity index (χ1n) is 8.81. The Labute approximate surface area is 168 Å². The van der Waals surface area contributed by atoms with Crippen molar-refractivity contribution in [3.05, 3.63) is 58.1 Å². The molecular formula is C21H24BrNO4. The number of benzene rings is 2. The third kappa shape index (κ3) is 7.06. The lowest BCUT2D eigenvalue weighted by molar-refractivity contribution is -0.118.